The van der Waals surface area contributed by atoms with Gasteiger partial charge in [-0.1, -0.05) is 41.9 Å². The second-order valence-electron chi connectivity index (χ2n) is 5.22. The van der Waals surface area contributed by atoms with Crippen LogP contribution in [-0.2, 0) is 6.42 Å². The molecule has 1 aliphatic rings. The van der Waals surface area contributed by atoms with Crippen molar-refractivity contribution >= 4 is 11.6 Å². The topological polar surface area (TPSA) is 12.0 Å². The van der Waals surface area contributed by atoms with Crippen molar-refractivity contribution in [2.75, 3.05) is 7.05 Å². The van der Waals surface area contributed by atoms with Crippen LogP contribution < -0.4 is 5.32 Å². The van der Waals surface area contributed by atoms with Gasteiger partial charge in [-0.05, 0) is 60.7 Å². The van der Waals surface area contributed by atoms with Crippen LogP contribution >= 0.6 is 11.6 Å². The Morgan fingerprint density at radius 3 is 2.79 bits per heavy atom. The highest BCUT2D eigenvalue weighted by molar-refractivity contribution is 6.31. The largest absolute Gasteiger partial charge is 0.313 e. The lowest BCUT2D eigenvalue weighted by Crippen LogP contribution is -2.12. The summed E-state index contributed by atoms with van der Waals surface area (Å²) in [4.78, 5) is 0. The van der Waals surface area contributed by atoms with Gasteiger partial charge in [0.05, 0.1) is 0 Å². The number of hydrogen-bond acceptors (Lipinski definition) is 1. The van der Waals surface area contributed by atoms with Gasteiger partial charge < -0.3 is 5.32 Å². The van der Waals surface area contributed by atoms with Gasteiger partial charge in [-0.2, -0.15) is 0 Å². The van der Waals surface area contributed by atoms with Crippen LogP contribution in [0.25, 0.3) is 11.1 Å². The van der Waals surface area contributed by atoms with E-state index in [1.807, 2.05) is 14.0 Å². The van der Waals surface area contributed by atoms with Crippen molar-refractivity contribution in [2.45, 2.75) is 25.8 Å². The maximum Gasteiger partial charge on any atom is 0.0441 e. The van der Waals surface area contributed by atoms with Gasteiger partial charge in [0, 0.05) is 11.1 Å². The van der Waals surface area contributed by atoms with E-state index in [4.69, 9.17) is 11.6 Å². The minimum atomic E-state index is 0.496. The number of halogens is 1. The van der Waals surface area contributed by atoms with E-state index in [9.17, 15) is 0 Å². The number of aryl methyl sites for hydroxylation is 1. The number of benzene rings is 2. The van der Waals surface area contributed by atoms with Crippen LogP contribution in [0.3, 0.4) is 0 Å². The minimum Gasteiger partial charge on any atom is -0.313 e. The summed E-state index contributed by atoms with van der Waals surface area (Å²) in [7, 11) is 2.04. The first-order chi connectivity index (χ1) is 9.20. The smallest absolute Gasteiger partial charge is 0.0441 e. The molecule has 0 radical (unpaired) electrons. The molecule has 0 amide bonds. The van der Waals surface area contributed by atoms with Crippen molar-refractivity contribution in [1.29, 1.82) is 0 Å². The number of fused-ring (bicyclic) bond motifs is 1. The predicted octanol–water partition coefficient (Wildman–Crippen LogP) is 4.52. The Morgan fingerprint density at radius 1 is 1.21 bits per heavy atom. The fraction of sp³-hybridized carbons (Fsp3) is 0.294. The van der Waals surface area contributed by atoms with Crippen molar-refractivity contribution in [2.24, 2.45) is 0 Å². The molecule has 0 saturated carbocycles. The molecule has 0 heterocycles. The average molecular weight is 272 g/mol. The third-order valence-corrected chi connectivity index (χ3v) is 4.51. The minimum absolute atomic E-state index is 0.496. The molecule has 0 aliphatic heterocycles. The maximum atomic E-state index is 6.26. The van der Waals surface area contributed by atoms with Crippen LogP contribution in [0.4, 0.5) is 0 Å². The summed E-state index contributed by atoms with van der Waals surface area (Å²) in [6, 6.07) is 13.4. The lowest BCUT2D eigenvalue weighted by molar-refractivity contribution is 0.590. The van der Waals surface area contributed by atoms with E-state index < -0.39 is 0 Å². The van der Waals surface area contributed by atoms with Crippen LogP contribution in [0.1, 0.15) is 29.2 Å². The lowest BCUT2D eigenvalue weighted by Gasteiger charge is -2.13. The Morgan fingerprint density at radius 2 is 2.05 bits per heavy atom. The standard InChI is InChI=1S/C17H18ClN/c1-11-6-7-12(10-16(11)18)13-4-3-5-15-14(13)8-9-17(15)19-2/h3-7,10,17,19H,8-9H2,1-2H3. The second kappa shape index (κ2) is 4.99. The molecule has 1 nitrogen and oxygen atoms in total. The number of nitrogens with one attached hydrogen (secondary N) is 1. The van der Waals surface area contributed by atoms with Gasteiger partial charge in [-0.25, -0.2) is 0 Å². The van der Waals surface area contributed by atoms with Gasteiger partial charge in [-0.15, -0.1) is 0 Å². The second-order valence-corrected chi connectivity index (χ2v) is 5.62. The molecule has 1 atom stereocenters. The Labute approximate surface area is 119 Å². The number of rotatable bonds is 2. The molecule has 2 aromatic carbocycles. The molecule has 0 bridgehead atoms. The van der Waals surface area contributed by atoms with Crippen LogP contribution in [0.2, 0.25) is 5.02 Å². The van der Waals surface area contributed by atoms with E-state index in [-0.39, 0.29) is 0 Å². The van der Waals surface area contributed by atoms with Gasteiger partial charge in [0.25, 0.3) is 0 Å². The molecule has 19 heavy (non-hydrogen) atoms. The molecule has 1 N–H and O–H groups in total. The SMILES string of the molecule is CNC1CCc2c(-c3ccc(C)c(Cl)c3)cccc21. The fourth-order valence-corrected chi connectivity index (χ4v) is 3.17. The van der Waals surface area contributed by atoms with E-state index in [0.29, 0.717) is 6.04 Å². The zero-order valence-corrected chi connectivity index (χ0v) is 12.1. The molecule has 2 aromatic rings. The van der Waals surface area contributed by atoms with Crippen LogP contribution in [-0.4, -0.2) is 7.05 Å². The number of hydrogen-bond donors (Lipinski definition) is 1. The van der Waals surface area contributed by atoms with Crippen molar-refractivity contribution in [1.82, 2.24) is 5.32 Å². The van der Waals surface area contributed by atoms with E-state index in [1.54, 1.807) is 0 Å². The summed E-state index contributed by atoms with van der Waals surface area (Å²) in [5.74, 6) is 0. The highest BCUT2D eigenvalue weighted by Gasteiger charge is 2.23. The molecule has 1 unspecified atom stereocenters. The summed E-state index contributed by atoms with van der Waals surface area (Å²) in [5.41, 5.74) is 6.60. The first-order valence-corrected chi connectivity index (χ1v) is 7.14. The first-order valence-electron chi connectivity index (χ1n) is 6.76. The highest BCUT2D eigenvalue weighted by Crippen LogP contribution is 2.38. The average Bonchev–Trinajstić information content (AvgIpc) is 2.85. The quantitative estimate of drug-likeness (QED) is 0.847. The summed E-state index contributed by atoms with van der Waals surface area (Å²) >= 11 is 6.26. The Kier molecular flexibility index (Phi) is 3.34. The van der Waals surface area contributed by atoms with E-state index in [1.165, 1.54) is 28.7 Å². The summed E-state index contributed by atoms with van der Waals surface area (Å²) in [6.07, 6.45) is 2.32. The normalized spacial score (nSPS) is 17.5. The molecule has 0 fully saturated rings. The van der Waals surface area contributed by atoms with Crippen molar-refractivity contribution < 1.29 is 0 Å². The van der Waals surface area contributed by atoms with Crippen LogP contribution in [0.5, 0.6) is 0 Å². The molecule has 1 aliphatic carbocycles. The Hall–Kier alpha value is -1.31. The molecule has 0 spiro atoms. The van der Waals surface area contributed by atoms with E-state index in [0.717, 1.165) is 17.0 Å². The van der Waals surface area contributed by atoms with Gasteiger partial charge >= 0.3 is 0 Å². The van der Waals surface area contributed by atoms with Gasteiger partial charge in [0.1, 0.15) is 0 Å². The van der Waals surface area contributed by atoms with E-state index in [2.05, 4.69) is 41.7 Å². The summed E-state index contributed by atoms with van der Waals surface area (Å²) in [6.45, 7) is 2.04. The molecule has 98 valence electrons. The molecule has 0 aromatic heterocycles. The molecular weight excluding hydrogens is 254 g/mol. The predicted molar refractivity (Wildman–Crippen MR) is 81.7 cm³/mol. The first kappa shape index (κ1) is 12.7. The fourth-order valence-electron chi connectivity index (χ4n) is 2.99. The third kappa shape index (κ3) is 2.18. The van der Waals surface area contributed by atoms with E-state index >= 15 is 0 Å². The molecule has 2 heteroatoms. The van der Waals surface area contributed by atoms with Crippen molar-refractivity contribution in [3.05, 3.63) is 58.1 Å². The zero-order chi connectivity index (χ0) is 13.4. The van der Waals surface area contributed by atoms with Crippen LogP contribution in [0.15, 0.2) is 36.4 Å². The highest BCUT2D eigenvalue weighted by atomic mass is 35.5. The summed E-state index contributed by atoms with van der Waals surface area (Å²) in [5, 5.41) is 4.24. The van der Waals surface area contributed by atoms with Gasteiger partial charge in [0.15, 0.2) is 0 Å². The van der Waals surface area contributed by atoms with Gasteiger partial charge in [-0.3, -0.25) is 0 Å². The summed E-state index contributed by atoms with van der Waals surface area (Å²) < 4.78 is 0. The lowest BCUT2D eigenvalue weighted by atomic mass is 9.96. The van der Waals surface area contributed by atoms with Crippen LogP contribution in [0, 0.1) is 6.92 Å². The molecular formula is C17H18ClN. The van der Waals surface area contributed by atoms with Crippen molar-refractivity contribution in [3.63, 3.8) is 0 Å². The molecule has 3 rings (SSSR count). The Bertz CT molecular complexity index is 619. The Balaban J connectivity index is 2.11. The molecule has 0 saturated heterocycles. The van der Waals surface area contributed by atoms with Gasteiger partial charge in [0.2, 0.25) is 0 Å². The zero-order valence-electron chi connectivity index (χ0n) is 11.3. The maximum absolute atomic E-state index is 6.26. The third-order valence-electron chi connectivity index (χ3n) is 4.10. The monoisotopic (exact) mass is 271 g/mol. The van der Waals surface area contributed by atoms with Crippen molar-refractivity contribution in [3.8, 4) is 11.1 Å².